The van der Waals surface area contributed by atoms with Crippen molar-refractivity contribution in [1.29, 1.82) is 0 Å². The van der Waals surface area contributed by atoms with Gasteiger partial charge >= 0.3 is 17.8 Å². The van der Waals surface area contributed by atoms with Gasteiger partial charge in [0.05, 0.1) is 12.2 Å². The molecular formula is C15H13F3N2O4. The van der Waals surface area contributed by atoms with Crippen LogP contribution in [0.2, 0.25) is 0 Å². The summed E-state index contributed by atoms with van der Waals surface area (Å²) in [6, 6.07) is -0.582. The Morgan fingerprint density at radius 2 is 2.00 bits per heavy atom. The fourth-order valence-corrected chi connectivity index (χ4v) is 2.22. The molecule has 1 atom stereocenters. The Hall–Kier alpha value is -2.71. The van der Waals surface area contributed by atoms with Crippen LogP contribution in [0.4, 0.5) is 13.2 Å². The summed E-state index contributed by atoms with van der Waals surface area (Å²) in [5.74, 6) is -1.26. The number of carbonyl (C=O) groups is 2. The lowest BCUT2D eigenvalue weighted by Crippen LogP contribution is -2.35. The van der Waals surface area contributed by atoms with Crippen LogP contribution < -0.4 is 5.69 Å². The van der Waals surface area contributed by atoms with Crippen LogP contribution in [0.3, 0.4) is 0 Å². The predicted octanol–water partition coefficient (Wildman–Crippen LogP) is 1.74. The molecule has 1 heterocycles. The Bertz CT molecular complexity index is 806. The van der Waals surface area contributed by atoms with E-state index in [-0.39, 0.29) is 17.9 Å². The molecule has 0 bridgehead atoms. The molecule has 9 heteroatoms. The normalized spacial score (nSPS) is 17.6. The highest BCUT2D eigenvalue weighted by atomic mass is 19.4. The van der Waals surface area contributed by atoms with Gasteiger partial charge in [-0.1, -0.05) is 0 Å². The maximum Gasteiger partial charge on any atom is 0.433 e. The first-order valence-electron chi connectivity index (χ1n) is 6.93. The number of hydrogen-bond acceptors (Lipinski definition) is 5. The number of ether oxygens (including phenoxy) is 1. The molecule has 6 nitrogen and oxygen atoms in total. The Morgan fingerprint density at radius 3 is 2.54 bits per heavy atom. The minimum absolute atomic E-state index is 0.0349. The van der Waals surface area contributed by atoms with E-state index in [0.717, 1.165) is 10.6 Å². The molecule has 0 saturated heterocycles. The van der Waals surface area contributed by atoms with Crippen LogP contribution in [0.5, 0.6) is 0 Å². The molecule has 24 heavy (non-hydrogen) atoms. The number of alkyl halides is 3. The SMILES string of the molecule is CCOC(=O)C1=CC(n2c(C)cc(C(F)(F)F)nc2=O)C(=O)C=C1. The first-order valence-corrected chi connectivity index (χ1v) is 6.93. The molecule has 0 fully saturated rings. The molecule has 0 aromatic carbocycles. The van der Waals surface area contributed by atoms with Crippen molar-refractivity contribution in [3.63, 3.8) is 0 Å². The van der Waals surface area contributed by atoms with Gasteiger partial charge in [-0.2, -0.15) is 18.2 Å². The molecule has 1 aliphatic rings. The van der Waals surface area contributed by atoms with E-state index in [1.165, 1.54) is 19.1 Å². The highest BCUT2D eigenvalue weighted by Gasteiger charge is 2.35. The fourth-order valence-electron chi connectivity index (χ4n) is 2.22. The van der Waals surface area contributed by atoms with Gasteiger partial charge in [-0.25, -0.2) is 9.59 Å². The summed E-state index contributed by atoms with van der Waals surface area (Å²) in [4.78, 5) is 38.7. The number of carbonyl (C=O) groups excluding carboxylic acids is 2. The van der Waals surface area contributed by atoms with Crippen molar-refractivity contribution in [3.8, 4) is 0 Å². The van der Waals surface area contributed by atoms with Crippen LogP contribution >= 0.6 is 0 Å². The predicted molar refractivity (Wildman–Crippen MR) is 76.1 cm³/mol. The zero-order valence-electron chi connectivity index (χ0n) is 12.8. The lowest BCUT2D eigenvalue weighted by atomic mass is 10.0. The topological polar surface area (TPSA) is 78.3 Å². The quantitative estimate of drug-likeness (QED) is 0.782. The highest BCUT2D eigenvalue weighted by molar-refractivity contribution is 6.02. The number of esters is 1. The second kappa shape index (κ2) is 6.42. The summed E-state index contributed by atoms with van der Waals surface area (Å²) in [5.41, 5.74) is -2.63. The van der Waals surface area contributed by atoms with Crippen molar-refractivity contribution in [2.24, 2.45) is 0 Å². The molecule has 0 aliphatic heterocycles. The average Bonchev–Trinajstić information content (AvgIpc) is 2.47. The van der Waals surface area contributed by atoms with Crippen LogP contribution in [0.25, 0.3) is 0 Å². The molecule has 0 saturated carbocycles. The zero-order chi connectivity index (χ0) is 18.1. The van der Waals surface area contributed by atoms with Gasteiger partial charge < -0.3 is 4.74 Å². The third-order valence-electron chi connectivity index (χ3n) is 3.28. The highest BCUT2D eigenvalue weighted by Crippen LogP contribution is 2.28. The molecule has 1 aromatic rings. The minimum atomic E-state index is -4.77. The van der Waals surface area contributed by atoms with E-state index in [2.05, 4.69) is 4.98 Å². The molecule has 1 aromatic heterocycles. The second-order valence-corrected chi connectivity index (χ2v) is 4.96. The van der Waals surface area contributed by atoms with Gasteiger partial charge in [0.15, 0.2) is 11.5 Å². The van der Waals surface area contributed by atoms with Gasteiger partial charge in [-0.05, 0) is 38.1 Å². The van der Waals surface area contributed by atoms with E-state index in [1.54, 1.807) is 6.92 Å². The Kier molecular flexibility index (Phi) is 4.72. The monoisotopic (exact) mass is 342 g/mol. The molecule has 1 unspecified atom stereocenters. The number of ketones is 1. The molecule has 1 aliphatic carbocycles. The van der Waals surface area contributed by atoms with E-state index in [9.17, 15) is 27.6 Å². The number of aromatic nitrogens is 2. The van der Waals surface area contributed by atoms with Gasteiger partial charge in [0.1, 0.15) is 6.04 Å². The van der Waals surface area contributed by atoms with Crippen molar-refractivity contribution in [3.05, 3.63) is 51.7 Å². The zero-order valence-corrected chi connectivity index (χ0v) is 12.8. The van der Waals surface area contributed by atoms with Crippen molar-refractivity contribution < 1.29 is 27.5 Å². The molecule has 128 valence electrons. The number of halogens is 3. The smallest absolute Gasteiger partial charge is 0.433 e. The van der Waals surface area contributed by atoms with E-state index in [0.29, 0.717) is 6.07 Å². The van der Waals surface area contributed by atoms with Gasteiger partial charge in [-0.15, -0.1) is 0 Å². The summed E-state index contributed by atoms with van der Waals surface area (Å²) in [7, 11) is 0. The first kappa shape index (κ1) is 17.6. The van der Waals surface area contributed by atoms with Crippen LogP contribution in [0, 0.1) is 6.92 Å². The molecule has 0 N–H and O–H groups in total. The van der Waals surface area contributed by atoms with Crippen molar-refractivity contribution in [2.45, 2.75) is 26.1 Å². The number of rotatable bonds is 3. The van der Waals surface area contributed by atoms with Gasteiger partial charge in [0.2, 0.25) is 0 Å². The summed E-state index contributed by atoms with van der Waals surface area (Å²) in [5, 5.41) is 0. The third kappa shape index (κ3) is 3.44. The third-order valence-corrected chi connectivity index (χ3v) is 3.28. The van der Waals surface area contributed by atoms with Crippen LogP contribution in [-0.2, 0) is 20.5 Å². The minimum Gasteiger partial charge on any atom is -0.462 e. The lowest BCUT2D eigenvalue weighted by molar-refractivity contribution is -0.141. The summed E-state index contributed by atoms with van der Waals surface area (Å²) < 4.78 is 43.7. The standard InChI is InChI=1S/C15H13F3N2O4/c1-3-24-13(22)9-4-5-11(21)10(7-9)20-8(2)6-12(15(16,17)18)19-14(20)23/h4-7,10H,3H2,1-2H3. The van der Waals surface area contributed by atoms with Crippen molar-refractivity contribution in [1.82, 2.24) is 9.55 Å². The van der Waals surface area contributed by atoms with E-state index in [1.807, 2.05) is 0 Å². The number of allylic oxidation sites excluding steroid dienone is 2. The Morgan fingerprint density at radius 1 is 1.33 bits per heavy atom. The second-order valence-electron chi connectivity index (χ2n) is 4.96. The van der Waals surface area contributed by atoms with Crippen molar-refractivity contribution in [2.75, 3.05) is 6.61 Å². The largest absolute Gasteiger partial charge is 0.462 e. The van der Waals surface area contributed by atoms with E-state index < -0.39 is 35.4 Å². The summed E-state index contributed by atoms with van der Waals surface area (Å²) >= 11 is 0. The van der Waals surface area contributed by atoms with Crippen molar-refractivity contribution >= 4 is 11.8 Å². The lowest BCUT2D eigenvalue weighted by Gasteiger charge is -2.20. The van der Waals surface area contributed by atoms with E-state index >= 15 is 0 Å². The maximum atomic E-state index is 12.7. The Balaban J connectivity index is 2.51. The first-order chi connectivity index (χ1) is 11.1. The van der Waals surface area contributed by atoms with Gasteiger partial charge in [-0.3, -0.25) is 9.36 Å². The van der Waals surface area contributed by atoms with E-state index in [4.69, 9.17) is 4.74 Å². The molecule has 0 spiro atoms. The van der Waals surface area contributed by atoms with Crippen LogP contribution in [0.1, 0.15) is 24.4 Å². The average molecular weight is 342 g/mol. The van der Waals surface area contributed by atoms with Gasteiger partial charge in [0, 0.05) is 5.69 Å². The summed E-state index contributed by atoms with van der Waals surface area (Å²) in [6.07, 6.45) is -1.30. The summed E-state index contributed by atoms with van der Waals surface area (Å²) in [6.45, 7) is 2.97. The van der Waals surface area contributed by atoms with Crippen LogP contribution in [0.15, 0.2) is 34.7 Å². The molecular weight excluding hydrogens is 329 g/mol. The fraction of sp³-hybridized carbons (Fsp3) is 0.333. The van der Waals surface area contributed by atoms with Crippen LogP contribution in [-0.4, -0.2) is 27.9 Å². The Labute approximate surface area is 134 Å². The molecule has 2 rings (SSSR count). The van der Waals surface area contributed by atoms with Gasteiger partial charge in [0.25, 0.3) is 0 Å². The number of aryl methyl sites for hydroxylation is 1. The molecule has 0 radical (unpaired) electrons. The number of nitrogens with zero attached hydrogens (tertiary/aromatic N) is 2. The number of hydrogen-bond donors (Lipinski definition) is 0. The molecule has 0 amide bonds. The maximum absolute atomic E-state index is 12.7.